The molecular formula is C19H16F3N3O3. The maximum atomic E-state index is 13.2. The molecule has 1 heterocycles. The Labute approximate surface area is 158 Å². The summed E-state index contributed by atoms with van der Waals surface area (Å²) in [5.41, 5.74) is 0.560. The Morgan fingerprint density at radius 2 is 1.79 bits per heavy atom. The van der Waals surface area contributed by atoms with E-state index in [0.29, 0.717) is 5.56 Å². The van der Waals surface area contributed by atoms with Crippen LogP contribution in [0.15, 0.2) is 47.0 Å². The molecule has 0 aliphatic heterocycles. The van der Waals surface area contributed by atoms with Crippen LogP contribution in [0.4, 0.5) is 13.2 Å². The van der Waals surface area contributed by atoms with E-state index in [4.69, 9.17) is 9.26 Å². The van der Waals surface area contributed by atoms with Crippen molar-refractivity contribution in [3.8, 4) is 17.1 Å². The number of benzene rings is 2. The lowest BCUT2D eigenvalue weighted by molar-refractivity contribution is -0.128. The van der Waals surface area contributed by atoms with Crippen molar-refractivity contribution in [1.82, 2.24) is 15.5 Å². The number of hydrogen-bond acceptors (Lipinski definition) is 5. The average Bonchev–Trinajstić information content (AvgIpc) is 3.15. The minimum absolute atomic E-state index is 0.0191. The molecule has 2 unspecified atom stereocenters. The van der Waals surface area contributed by atoms with Crippen molar-refractivity contribution in [2.24, 2.45) is 0 Å². The maximum Gasteiger partial charge on any atom is 0.261 e. The number of nitrogens with zero attached hydrogens (tertiary/aromatic N) is 2. The normalized spacial score (nSPS) is 13.0. The molecule has 1 N–H and O–H groups in total. The van der Waals surface area contributed by atoms with Crippen molar-refractivity contribution in [3.63, 3.8) is 0 Å². The zero-order valence-corrected chi connectivity index (χ0v) is 14.9. The number of ether oxygens (including phenoxy) is 1. The van der Waals surface area contributed by atoms with Gasteiger partial charge in [-0.1, -0.05) is 5.16 Å². The van der Waals surface area contributed by atoms with Crippen LogP contribution in [-0.4, -0.2) is 22.2 Å². The summed E-state index contributed by atoms with van der Waals surface area (Å²) in [5, 5.41) is 6.43. The fourth-order valence-corrected chi connectivity index (χ4v) is 2.33. The molecule has 6 nitrogen and oxygen atoms in total. The molecule has 2 aromatic carbocycles. The van der Waals surface area contributed by atoms with Gasteiger partial charge >= 0.3 is 0 Å². The van der Waals surface area contributed by atoms with Gasteiger partial charge in [0.1, 0.15) is 17.6 Å². The lowest BCUT2D eigenvalue weighted by atomic mass is 10.2. The standard InChI is InChI=1S/C19H16F3N3O3/c1-10(19-24-17(25-28-19)12-3-5-13(20)6-4-12)23-18(26)11(2)27-14-7-8-15(21)16(22)9-14/h3-11H,1-2H3,(H,23,26). The predicted octanol–water partition coefficient (Wildman–Crippen LogP) is 3.80. The Kier molecular flexibility index (Phi) is 5.62. The zero-order valence-electron chi connectivity index (χ0n) is 14.9. The van der Waals surface area contributed by atoms with Gasteiger partial charge in [0.15, 0.2) is 17.7 Å². The Hall–Kier alpha value is -3.36. The van der Waals surface area contributed by atoms with Crippen molar-refractivity contribution < 1.29 is 27.2 Å². The van der Waals surface area contributed by atoms with E-state index in [1.807, 2.05) is 0 Å². The van der Waals surface area contributed by atoms with E-state index in [0.717, 1.165) is 12.1 Å². The van der Waals surface area contributed by atoms with E-state index in [1.54, 1.807) is 6.92 Å². The second kappa shape index (κ2) is 8.12. The van der Waals surface area contributed by atoms with Crippen molar-refractivity contribution in [1.29, 1.82) is 0 Å². The predicted molar refractivity (Wildman–Crippen MR) is 92.7 cm³/mol. The number of hydrogen-bond donors (Lipinski definition) is 1. The molecule has 1 aromatic heterocycles. The van der Waals surface area contributed by atoms with Crippen LogP contribution in [0.2, 0.25) is 0 Å². The molecule has 1 amide bonds. The van der Waals surface area contributed by atoms with E-state index in [2.05, 4.69) is 15.5 Å². The van der Waals surface area contributed by atoms with Gasteiger partial charge < -0.3 is 14.6 Å². The van der Waals surface area contributed by atoms with Crippen molar-refractivity contribution in [3.05, 3.63) is 65.8 Å². The van der Waals surface area contributed by atoms with Gasteiger partial charge in [0.05, 0.1) is 0 Å². The first-order valence-corrected chi connectivity index (χ1v) is 8.35. The van der Waals surface area contributed by atoms with E-state index < -0.39 is 29.7 Å². The number of nitrogens with one attached hydrogen (secondary N) is 1. The molecule has 0 spiro atoms. The molecule has 0 fully saturated rings. The fraction of sp³-hybridized carbons (Fsp3) is 0.211. The molecule has 28 heavy (non-hydrogen) atoms. The van der Waals surface area contributed by atoms with Crippen LogP contribution in [0.5, 0.6) is 5.75 Å². The van der Waals surface area contributed by atoms with Crippen LogP contribution in [0.25, 0.3) is 11.4 Å². The molecule has 0 saturated heterocycles. The van der Waals surface area contributed by atoms with E-state index in [9.17, 15) is 18.0 Å². The summed E-state index contributed by atoms with van der Waals surface area (Å²) in [7, 11) is 0. The Morgan fingerprint density at radius 3 is 2.46 bits per heavy atom. The molecule has 9 heteroatoms. The largest absolute Gasteiger partial charge is 0.481 e. The SMILES string of the molecule is CC(Oc1ccc(F)c(F)c1)C(=O)NC(C)c1nc(-c2ccc(F)cc2)no1. The molecule has 146 valence electrons. The monoisotopic (exact) mass is 391 g/mol. The topological polar surface area (TPSA) is 77.2 Å². The van der Waals surface area contributed by atoms with Gasteiger partial charge in [0.25, 0.3) is 5.91 Å². The van der Waals surface area contributed by atoms with Crippen molar-refractivity contribution in [2.45, 2.75) is 26.0 Å². The number of amides is 1. The van der Waals surface area contributed by atoms with Crippen LogP contribution < -0.4 is 10.1 Å². The highest BCUT2D eigenvalue weighted by atomic mass is 19.2. The van der Waals surface area contributed by atoms with Crippen molar-refractivity contribution >= 4 is 5.91 Å². The van der Waals surface area contributed by atoms with Gasteiger partial charge in [-0.2, -0.15) is 4.98 Å². The second-order valence-electron chi connectivity index (χ2n) is 6.03. The van der Waals surface area contributed by atoms with Crippen LogP contribution in [0.3, 0.4) is 0 Å². The third-order valence-corrected chi connectivity index (χ3v) is 3.85. The lowest BCUT2D eigenvalue weighted by Gasteiger charge is -2.16. The van der Waals surface area contributed by atoms with Gasteiger partial charge in [-0.3, -0.25) is 4.79 Å². The summed E-state index contributed by atoms with van der Waals surface area (Å²) in [6.45, 7) is 3.09. The summed E-state index contributed by atoms with van der Waals surface area (Å²) in [6, 6.07) is 7.91. The van der Waals surface area contributed by atoms with Gasteiger partial charge in [-0.15, -0.1) is 0 Å². The summed E-state index contributed by atoms with van der Waals surface area (Å²) in [4.78, 5) is 16.4. The highest BCUT2D eigenvalue weighted by Crippen LogP contribution is 2.20. The summed E-state index contributed by atoms with van der Waals surface area (Å²) < 4.78 is 49.6. The molecule has 3 aromatic rings. The summed E-state index contributed by atoms with van der Waals surface area (Å²) in [5.74, 6) is -2.56. The fourth-order valence-electron chi connectivity index (χ4n) is 2.33. The molecule has 0 radical (unpaired) electrons. The number of carbonyl (C=O) groups is 1. The van der Waals surface area contributed by atoms with E-state index >= 15 is 0 Å². The Morgan fingerprint density at radius 1 is 1.07 bits per heavy atom. The van der Waals surface area contributed by atoms with E-state index in [-0.39, 0.29) is 23.3 Å². The molecule has 2 atom stereocenters. The minimum Gasteiger partial charge on any atom is -0.481 e. The maximum absolute atomic E-state index is 13.2. The summed E-state index contributed by atoms with van der Waals surface area (Å²) in [6.07, 6.45) is -0.980. The molecule has 0 aliphatic rings. The summed E-state index contributed by atoms with van der Waals surface area (Å²) >= 11 is 0. The number of carbonyl (C=O) groups excluding carboxylic acids is 1. The zero-order chi connectivity index (χ0) is 20.3. The van der Waals surface area contributed by atoms with Crippen LogP contribution in [0, 0.1) is 17.5 Å². The number of rotatable bonds is 6. The molecule has 3 rings (SSSR count). The van der Waals surface area contributed by atoms with Crippen LogP contribution >= 0.6 is 0 Å². The first kappa shape index (κ1) is 19.4. The Bertz CT molecular complexity index is 976. The first-order valence-electron chi connectivity index (χ1n) is 8.35. The van der Waals surface area contributed by atoms with Gasteiger partial charge in [0.2, 0.25) is 11.7 Å². The lowest BCUT2D eigenvalue weighted by Crippen LogP contribution is -2.37. The van der Waals surface area contributed by atoms with Gasteiger partial charge in [-0.25, -0.2) is 13.2 Å². The quantitative estimate of drug-likeness (QED) is 0.692. The third kappa shape index (κ3) is 4.48. The molecular weight excluding hydrogens is 375 g/mol. The molecule has 0 bridgehead atoms. The van der Waals surface area contributed by atoms with E-state index in [1.165, 1.54) is 37.3 Å². The smallest absolute Gasteiger partial charge is 0.261 e. The van der Waals surface area contributed by atoms with Crippen LogP contribution in [-0.2, 0) is 4.79 Å². The third-order valence-electron chi connectivity index (χ3n) is 3.85. The second-order valence-corrected chi connectivity index (χ2v) is 6.03. The molecule has 0 saturated carbocycles. The first-order chi connectivity index (χ1) is 13.3. The Balaban J connectivity index is 1.62. The number of halogens is 3. The van der Waals surface area contributed by atoms with Gasteiger partial charge in [0, 0.05) is 11.6 Å². The van der Waals surface area contributed by atoms with Crippen LogP contribution in [0.1, 0.15) is 25.8 Å². The highest BCUT2D eigenvalue weighted by molar-refractivity contribution is 5.81. The van der Waals surface area contributed by atoms with Gasteiger partial charge in [-0.05, 0) is 50.2 Å². The molecule has 0 aliphatic carbocycles. The highest BCUT2D eigenvalue weighted by Gasteiger charge is 2.22. The van der Waals surface area contributed by atoms with Crippen molar-refractivity contribution in [2.75, 3.05) is 0 Å². The minimum atomic E-state index is -1.07. The number of aromatic nitrogens is 2. The average molecular weight is 391 g/mol.